The van der Waals surface area contributed by atoms with Gasteiger partial charge in [0.25, 0.3) is 0 Å². The molecule has 1 heterocycles. The SMILES string of the molecule is CCNC(=NCc1nncn1C)NC1CC(OCC)C1(CC)CC.I. The number of halogens is 1. The summed E-state index contributed by atoms with van der Waals surface area (Å²) in [6.45, 7) is 10.8. The predicted octanol–water partition coefficient (Wildman–Crippen LogP) is 2.47. The molecule has 25 heavy (non-hydrogen) atoms. The predicted molar refractivity (Wildman–Crippen MR) is 111 cm³/mol. The first-order valence-electron chi connectivity index (χ1n) is 9.10. The second-order valence-corrected chi connectivity index (χ2v) is 6.37. The topological polar surface area (TPSA) is 76.4 Å². The van der Waals surface area contributed by atoms with Gasteiger partial charge in [0.15, 0.2) is 11.8 Å². The van der Waals surface area contributed by atoms with Crippen LogP contribution in [-0.2, 0) is 18.3 Å². The van der Waals surface area contributed by atoms with E-state index in [1.165, 1.54) is 0 Å². The minimum Gasteiger partial charge on any atom is -0.378 e. The molecule has 2 unspecified atom stereocenters. The zero-order chi connectivity index (χ0) is 17.6. The second kappa shape index (κ2) is 10.3. The van der Waals surface area contributed by atoms with Crippen LogP contribution in [0.15, 0.2) is 11.3 Å². The second-order valence-electron chi connectivity index (χ2n) is 6.37. The minimum atomic E-state index is 0. The highest BCUT2D eigenvalue weighted by Gasteiger charge is 2.53. The molecule has 0 spiro atoms. The fourth-order valence-electron chi connectivity index (χ4n) is 3.67. The lowest BCUT2D eigenvalue weighted by atomic mass is 9.58. The highest BCUT2D eigenvalue weighted by molar-refractivity contribution is 14.0. The monoisotopic (exact) mass is 464 g/mol. The molecule has 2 atom stereocenters. The number of rotatable bonds is 8. The Balaban J connectivity index is 0.00000312. The van der Waals surface area contributed by atoms with E-state index in [0.717, 1.165) is 44.2 Å². The van der Waals surface area contributed by atoms with Gasteiger partial charge < -0.3 is 19.9 Å². The third-order valence-corrected chi connectivity index (χ3v) is 5.31. The molecule has 1 aromatic heterocycles. The molecule has 1 fully saturated rings. The summed E-state index contributed by atoms with van der Waals surface area (Å²) in [7, 11) is 1.93. The molecule has 0 aromatic carbocycles. The molecule has 0 radical (unpaired) electrons. The van der Waals surface area contributed by atoms with Crippen molar-refractivity contribution in [3.05, 3.63) is 12.2 Å². The van der Waals surface area contributed by atoms with Crippen molar-refractivity contribution < 1.29 is 4.74 Å². The maximum atomic E-state index is 5.96. The van der Waals surface area contributed by atoms with Gasteiger partial charge in [-0.3, -0.25) is 0 Å². The molecular weight excluding hydrogens is 431 g/mol. The number of nitrogens with zero attached hydrogens (tertiary/aromatic N) is 4. The highest BCUT2D eigenvalue weighted by atomic mass is 127. The first-order chi connectivity index (χ1) is 11.6. The van der Waals surface area contributed by atoms with E-state index in [1.807, 2.05) is 11.6 Å². The van der Waals surface area contributed by atoms with E-state index in [4.69, 9.17) is 4.74 Å². The van der Waals surface area contributed by atoms with Crippen LogP contribution in [-0.4, -0.2) is 46.0 Å². The molecule has 0 amide bonds. The average molecular weight is 464 g/mol. The molecule has 7 nitrogen and oxygen atoms in total. The van der Waals surface area contributed by atoms with Gasteiger partial charge in [0.05, 0.1) is 6.10 Å². The number of ether oxygens (including phenoxy) is 1. The molecular formula is C17H33IN6O. The Morgan fingerprint density at radius 1 is 1.36 bits per heavy atom. The van der Waals surface area contributed by atoms with E-state index in [1.54, 1.807) is 6.33 Å². The molecule has 1 aliphatic carbocycles. The molecule has 144 valence electrons. The average Bonchev–Trinajstić information content (AvgIpc) is 2.98. The number of aromatic nitrogens is 3. The third-order valence-electron chi connectivity index (χ3n) is 5.31. The number of aryl methyl sites for hydroxylation is 1. The lowest BCUT2D eigenvalue weighted by molar-refractivity contribution is -0.133. The lowest BCUT2D eigenvalue weighted by Gasteiger charge is -2.55. The standard InChI is InChI=1S/C17H32N6O.HI/c1-6-17(7-2)13(10-14(17)24-9-4)21-16(18-8-3)19-11-15-22-20-12-23(15)5;/h12-14H,6-11H2,1-5H3,(H2,18,19,21);1H. The van der Waals surface area contributed by atoms with E-state index < -0.39 is 0 Å². The summed E-state index contributed by atoms with van der Waals surface area (Å²) < 4.78 is 7.85. The summed E-state index contributed by atoms with van der Waals surface area (Å²) in [5.74, 6) is 1.69. The number of aliphatic imine (C=N–C) groups is 1. The first kappa shape index (κ1) is 22.1. The van der Waals surface area contributed by atoms with Gasteiger partial charge in [-0.1, -0.05) is 13.8 Å². The van der Waals surface area contributed by atoms with Crippen LogP contribution in [0, 0.1) is 5.41 Å². The Morgan fingerprint density at radius 3 is 2.60 bits per heavy atom. The van der Waals surface area contributed by atoms with Crippen LogP contribution >= 0.6 is 24.0 Å². The largest absolute Gasteiger partial charge is 0.378 e. The molecule has 1 aliphatic rings. The fraction of sp³-hybridized carbons (Fsp3) is 0.824. The summed E-state index contributed by atoms with van der Waals surface area (Å²) in [6, 6.07) is 0.390. The van der Waals surface area contributed by atoms with Gasteiger partial charge in [0.2, 0.25) is 0 Å². The summed E-state index contributed by atoms with van der Waals surface area (Å²) in [4.78, 5) is 4.67. The smallest absolute Gasteiger partial charge is 0.191 e. The molecule has 8 heteroatoms. The number of nitrogens with one attached hydrogen (secondary N) is 2. The van der Waals surface area contributed by atoms with Crippen molar-refractivity contribution in [3.63, 3.8) is 0 Å². The van der Waals surface area contributed by atoms with Crippen LogP contribution < -0.4 is 10.6 Å². The van der Waals surface area contributed by atoms with Crippen molar-refractivity contribution in [2.75, 3.05) is 13.2 Å². The maximum Gasteiger partial charge on any atom is 0.191 e. The molecule has 2 N–H and O–H groups in total. The summed E-state index contributed by atoms with van der Waals surface area (Å²) >= 11 is 0. The van der Waals surface area contributed by atoms with E-state index in [9.17, 15) is 0 Å². The van der Waals surface area contributed by atoms with Crippen molar-refractivity contribution in [2.45, 2.75) is 65.6 Å². The Labute approximate surface area is 168 Å². The molecule has 1 saturated carbocycles. The van der Waals surface area contributed by atoms with Crippen molar-refractivity contribution in [1.29, 1.82) is 0 Å². The zero-order valence-electron chi connectivity index (χ0n) is 16.1. The van der Waals surface area contributed by atoms with Gasteiger partial charge in [-0.15, -0.1) is 34.2 Å². The molecule has 2 rings (SSSR count). The highest BCUT2D eigenvalue weighted by Crippen LogP contribution is 2.48. The number of guanidine groups is 1. The van der Waals surface area contributed by atoms with Crippen molar-refractivity contribution >= 4 is 29.9 Å². The molecule has 1 aromatic rings. The fourth-order valence-corrected chi connectivity index (χ4v) is 3.67. The van der Waals surface area contributed by atoms with E-state index >= 15 is 0 Å². The van der Waals surface area contributed by atoms with Crippen LogP contribution in [0.1, 0.15) is 52.8 Å². The Bertz CT molecular complexity index is 543. The quantitative estimate of drug-likeness (QED) is 0.351. The zero-order valence-corrected chi connectivity index (χ0v) is 18.4. The van der Waals surface area contributed by atoms with Gasteiger partial charge in [0.1, 0.15) is 12.9 Å². The van der Waals surface area contributed by atoms with Crippen LogP contribution in [0.5, 0.6) is 0 Å². The van der Waals surface area contributed by atoms with E-state index in [2.05, 4.69) is 53.5 Å². The van der Waals surface area contributed by atoms with Crippen molar-refractivity contribution in [3.8, 4) is 0 Å². The molecule has 0 bridgehead atoms. The normalized spacial score (nSPS) is 22.0. The lowest BCUT2D eigenvalue weighted by Crippen LogP contribution is -2.65. The Morgan fingerprint density at radius 2 is 2.08 bits per heavy atom. The maximum absolute atomic E-state index is 5.96. The van der Waals surface area contributed by atoms with Gasteiger partial charge in [-0.25, -0.2) is 4.99 Å². The first-order valence-corrected chi connectivity index (χ1v) is 9.10. The van der Waals surface area contributed by atoms with Crippen LogP contribution in [0.4, 0.5) is 0 Å². The summed E-state index contributed by atoms with van der Waals surface area (Å²) in [5, 5.41) is 14.9. The van der Waals surface area contributed by atoms with Crippen LogP contribution in [0.2, 0.25) is 0 Å². The minimum absolute atomic E-state index is 0. The third kappa shape index (κ3) is 4.84. The Kier molecular flexibility index (Phi) is 9.12. The van der Waals surface area contributed by atoms with Gasteiger partial charge in [-0.05, 0) is 33.1 Å². The van der Waals surface area contributed by atoms with E-state index in [0.29, 0.717) is 18.7 Å². The van der Waals surface area contributed by atoms with Gasteiger partial charge >= 0.3 is 0 Å². The molecule has 0 aliphatic heterocycles. The number of hydrogen-bond donors (Lipinski definition) is 2. The van der Waals surface area contributed by atoms with Gasteiger partial charge in [0, 0.05) is 31.7 Å². The molecule has 0 saturated heterocycles. The summed E-state index contributed by atoms with van der Waals surface area (Å²) in [6.07, 6.45) is 5.28. The van der Waals surface area contributed by atoms with Crippen LogP contribution in [0.3, 0.4) is 0 Å². The van der Waals surface area contributed by atoms with Gasteiger partial charge in [-0.2, -0.15) is 0 Å². The van der Waals surface area contributed by atoms with Crippen molar-refractivity contribution in [2.24, 2.45) is 17.5 Å². The number of hydrogen-bond acceptors (Lipinski definition) is 4. The Hall–Kier alpha value is -0.900. The van der Waals surface area contributed by atoms with E-state index in [-0.39, 0.29) is 29.4 Å². The van der Waals surface area contributed by atoms with Crippen LogP contribution in [0.25, 0.3) is 0 Å². The summed E-state index contributed by atoms with van der Waals surface area (Å²) in [5.41, 5.74) is 0.191. The van der Waals surface area contributed by atoms with Crippen molar-refractivity contribution in [1.82, 2.24) is 25.4 Å².